The topological polar surface area (TPSA) is 18.5 Å². The molecule has 4 aromatic carbocycles. The van der Waals surface area contributed by atoms with Crippen LogP contribution in [0.1, 0.15) is 60.1 Å². The summed E-state index contributed by atoms with van der Waals surface area (Å²) in [6, 6.07) is 35.2. The number of rotatable bonds is 10. The number of hydrogen-bond acceptors (Lipinski definition) is 2. The molecule has 0 heterocycles. The molecule has 1 aliphatic rings. The maximum atomic E-state index is 6.03. The van der Waals surface area contributed by atoms with Crippen molar-refractivity contribution in [1.29, 1.82) is 0 Å². The monoisotopic (exact) mass is 500 g/mol. The normalized spacial score (nSPS) is 13.8. The van der Waals surface area contributed by atoms with Crippen molar-refractivity contribution in [2.24, 2.45) is 0 Å². The molecule has 0 atom stereocenters. The van der Waals surface area contributed by atoms with E-state index in [1.165, 1.54) is 33.4 Å². The van der Waals surface area contributed by atoms with Gasteiger partial charge in [-0.3, -0.25) is 0 Å². The molecule has 4 aromatic rings. The van der Waals surface area contributed by atoms with E-state index in [0.29, 0.717) is 13.2 Å². The van der Waals surface area contributed by atoms with Gasteiger partial charge in [0.1, 0.15) is 11.5 Å². The van der Waals surface area contributed by atoms with E-state index >= 15 is 0 Å². The largest absolute Gasteiger partial charge is 0.493 e. The van der Waals surface area contributed by atoms with Crippen molar-refractivity contribution in [1.82, 2.24) is 0 Å². The maximum Gasteiger partial charge on any atom is 0.119 e. The smallest absolute Gasteiger partial charge is 0.119 e. The van der Waals surface area contributed by atoms with E-state index in [2.05, 4.69) is 121 Å². The van der Waals surface area contributed by atoms with Crippen molar-refractivity contribution in [3.05, 3.63) is 155 Å². The summed E-state index contributed by atoms with van der Waals surface area (Å²) in [6.07, 6.45) is 11.1. The van der Waals surface area contributed by atoms with E-state index in [0.717, 1.165) is 30.8 Å². The second kappa shape index (κ2) is 12.0. The van der Waals surface area contributed by atoms with Crippen LogP contribution in [0, 0.1) is 0 Å². The van der Waals surface area contributed by atoms with Crippen molar-refractivity contribution in [3.8, 4) is 11.5 Å². The van der Waals surface area contributed by atoms with Crippen LogP contribution in [0.5, 0.6) is 11.5 Å². The second-order valence-corrected chi connectivity index (χ2v) is 9.70. The predicted molar refractivity (Wildman–Crippen MR) is 157 cm³/mol. The molecular formula is C36H36O2. The van der Waals surface area contributed by atoms with Gasteiger partial charge in [-0.25, -0.2) is 0 Å². The first-order chi connectivity index (χ1) is 18.8. The Morgan fingerprint density at radius 3 is 1.42 bits per heavy atom. The fourth-order valence-electron chi connectivity index (χ4n) is 5.64. The van der Waals surface area contributed by atoms with E-state index in [-0.39, 0.29) is 0 Å². The zero-order valence-electron chi connectivity index (χ0n) is 22.4. The lowest BCUT2D eigenvalue weighted by Crippen LogP contribution is -2.36. The fraction of sp³-hybridized carbons (Fsp3) is 0.222. The van der Waals surface area contributed by atoms with Crippen LogP contribution in [0.25, 0.3) is 0 Å². The minimum Gasteiger partial charge on any atom is -0.493 e. The summed E-state index contributed by atoms with van der Waals surface area (Å²) >= 11 is 0. The zero-order valence-corrected chi connectivity index (χ0v) is 22.4. The van der Waals surface area contributed by atoms with Crippen LogP contribution >= 0.6 is 0 Å². The lowest BCUT2D eigenvalue weighted by atomic mass is 9.60. The number of benzene rings is 4. The molecule has 0 aromatic heterocycles. The Bertz CT molecular complexity index is 1290. The van der Waals surface area contributed by atoms with Gasteiger partial charge in [-0.05, 0) is 90.8 Å². The molecule has 1 aliphatic carbocycles. The van der Waals surface area contributed by atoms with Gasteiger partial charge in [-0.1, -0.05) is 97.1 Å². The summed E-state index contributed by atoms with van der Waals surface area (Å²) in [6.45, 7) is 5.43. The second-order valence-electron chi connectivity index (χ2n) is 9.70. The van der Waals surface area contributed by atoms with Crippen LogP contribution in [0.3, 0.4) is 0 Å². The summed E-state index contributed by atoms with van der Waals surface area (Å²) in [5.74, 6) is 1.80. The number of allylic oxidation sites excluding steroid dienone is 2. The van der Waals surface area contributed by atoms with Crippen molar-refractivity contribution in [3.63, 3.8) is 0 Å². The first-order valence-corrected chi connectivity index (χ1v) is 13.6. The SMILES string of the molecule is CC=CCCOc1ccc(C2(c3ccc(OCCC=CC)cc3)c3ccccc3Cc3ccccc32)cc1. The van der Waals surface area contributed by atoms with Crippen LogP contribution in [0.2, 0.25) is 0 Å². The highest BCUT2D eigenvalue weighted by atomic mass is 16.5. The van der Waals surface area contributed by atoms with Crippen molar-refractivity contribution in [2.45, 2.75) is 38.5 Å². The molecule has 0 N–H and O–H groups in total. The Labute approximate surface area is 227 Å². The van der Waals surface area contributed by atoms with Crippen LogP contribution < -0.4 is 9.47 Å². The van der Waals surface area contributed by atoms with Crippen LogP contribution in [0.4, 0.5) is 0 Å². The van der Waals surface area contributed by atoms with Gasteiger partial charge >= 0.3 is 0 Å². The molecule has 0 saturated heterocycles. The van der Waals surface area contributed by atoms with Gasteiger partial charge in [-0.2, -0.15) is 0 Å². The lowest BCUT2D eigenvalue weighted by molar-refractivity contribution is 0.324. The van der Waals surface area contributed by atoms with Gasteiger partial charge in [0.15, 0.2) is 0 Å². The number of fused-ring (bicyclic) bond motifs is 2. The molecule has 0 unspecified atom stereocenters. The minimum absolute atomic E-state index is 0.432. The van der Waals surface area contributed by atoms with Gasteiger partial charge in [0.05, 0.1) is 18.6 Å². The quantitative estimate of drug-likeness (QED) is 0.141. The standard InChI is InChI=1S/C36H36O2/c1-3-5-11-25-37-32-21-17-30(18-22-32)36(31-19-23-33(24-20-31)38-26-12-6-4-2)34-15-9-7-13-28(34)27-29-14-8-10-16-35(29)36/h3-10,13-24H,11-12,25-27H2,1-2H3. The van der Waals surface area contributed by atoms with Crippen molar-refractivity contribution < 1.29 is 9.47 Å². The van der Waals surface area contributed by atoms with Crippen LogP contribution in [0.15, 0.2) is 121 Å². The third-order valence-electron chi connectivity index (χ3n) is 7.38. The van der Waals surface area contributed by atoms with Crippen LogP contribution in [-0.2, 0) is 11.8 Å². The maximum absolute atomic E-state index is 6.03. The minimum atomic E-state index is -0.432. The molecule has 38 heavy (non-hydrogen) atoms. The summed E-state index contributed by atoms with van der Waals surface area (Å²) < 4.78 is 12.1. The van der Waals surface area contributed by atoms with Gasteiger partial charge in [0, 0.05) is 0 Å². The Kier molecular flexibility index (Phi) is 8.09. The summed E-state index contributed by atoms with van der Waals surface area (Å²) in [4.78, 5) is 0. The summed E-state index contributed by atoms with van der Waals surface area (Å²) in [5, 5.41) is 0. The average molecular weight is 501 g/mol. The first kappa shape index (κ1) is 25.6. The van der Waals surface area contributed by atoms with Gasteiger partial charge < -0.3 is 9.47 Å². The third-order valence-corrected chi connectivity index (χ3v) is 7.38. The van der Waals surface area contributed by atoms with Crippen molar-refractivity contribution in [2.75, 3.05) is 13.2 Å². The van der Waals surface area contributed by atoms with E-state index in [9.17, 15) is 0 Å². The third kappa shape index (κ3) is 5.04. The fourth-order valence-corrected chi connectivity index (χ4v) is 5.64. The predicted octanol–water partition coefficient (Wildman–Crippen LogP) is 8.66. The molecule has 2 nitrogen and oxygen atoms in total. The lowest BCUT2D eigenvalue weighted by Gasteiger charge is -2.42. The van der Waals surface area contributed by atoms with E-state index in [1.54, 1.807) is 0 Å². The molecule has 0 radical (unpaired) electrons. The number of ether oxygens (including phenoxy) is 2. The highest BCUT2D eigenvalue weighted by molar-refractivity contribution is 5.67. The average Bonchev–Trinajstić information content (AvgIpc) is 2.97. The number of hydrogen-bond donors (Lipinski definition) is 0. The Morgan fingerprint density at radius 2 is 1.00 bits per heavy atom. The summed E-state index contributed by atoms with van der Waals surface area (Å²) in [5.41, 5.74) is 7.44. The highest BCUT2D eigenvalue weighted by Gasteiger charge is 2.43. The van der Waals surface area contributed by atoms with Gasteiger partial charge in [0.2, 0.25) is 0 Å². The molecule has 0 fully saturated rings. The first-order valence-electron chi connectivity index (χ1n) is 13.6. The van der Waals surface area contributed by atoms with Crippen molar-refractivity contribution >= 4 is 0 Å². The molecule has 0 aliphatic heterocycles. The van der Waals surface area contributed by atoms with E-state index in [4.69, 9.17) is 9.47 Å². The zero-order chi connectivity index (χ0) is 26.2. The molecule has 2 heteroatoms. The molecule has 5 rings (SSSR count). The molecule has 0 saturated carbocycles. The van der Waals surface area contributed by atoms with Gasteiger partial charge in [0.25, 0.3) is 0 Å². The van der Waals surface area contributed by atoms with Gasteiger partial charge in [-0.15, -0.1) is 0 Å². The Balaban J connectivity index is 1.61. The summed E-state index contributed by atoms with van der Waals surface area (Å²) in [7, 11) is 0. The molecule has 0 spiro atoms. The molecule has 192 valence electrons. The Morgan fingerprint density at radius 1 is 0.579 bits per heavy atom. The molecule has 0 amide bonds. The highest BCUT2D eigenvalue weighted by Crippen LogP contribution is 2.51. The van der Waals surface area contributed by atoms with E-state index < -0.39 is 5.41 Å². The molecule has 0 bridgehead atoms. The molecular weight excluding hydrogens is 464 g/mol. The Hall–Kier alpha value is -4.04. The van der Waals surface area contributed by atoms with E-state index in [1.807, 2.05) is 13.8 Å². The van der Waals surface area contributed by atoms with Crippen LogP contribution in [-0.4, -0.2) is 13.2 Å².